The number of ether oxygens (including phenoxy) is 10. The van der Waals surface area contributed by atoms with Crippen LogP contribution in [0.25, 0.3) is 0 Å². The maximum Gasteiger partial charge on any atom is 0.330 e. The molecule has 0 aliphatic rings. The molecule has 3 aromatic rings. The number of unbranched alkanes of at least 4 members (excludes halogenated alkanes) is 2. The van der Waals surface area contributed by atoms with E-state index in [-0.39, 0.29) is 33.9 Å². The predicted molar refractivity (Wildman–Crippen MR) is 314 cm³/mol. The second-order valence-corrected chi connectivity index (χ2v) is 25.3. The van der Waals surface area contributed by atoms with Crippen LogP contribution in [-0.4, -0.2) is 98.4 Å². The lowest BCUT2D eigenvalue weighted by atomic mass is 9.73. The average molecular weight is 1090 g/mol. The molecule has 3 rings (SSSR count). The first-order chi connectivity index (χ1) is 36.3. The molecule has 0 N–H and O–H groups in total. The monoisotopic (exact) mass is 1090 g/mol. The number of carbonyl (C=O) groups is 2. The summed E-state index contributed by atoms with van der Waals surface area (Å²) < 4.78 is 62.1. The van der Waals surface area contributed by atoms with Gasteiger partial charge in [-0.15, -0.1) is 0 Å². The van der Waals surface area contributed by atoms with E-state index in [0.29, 0.717) is 52.9 Å². The Morgan fingerprint density at radius 3 is 1.04 bits per heavy atom. The van der Waals surface area contributed by atoms with E-state index in [9.17, 15) is 9.59 Å². The van der Waals surface area contributed by atoms with E-state index in [4.69, 9.17) is 47.4 Å². The Kier molecular flexibility index (Phi) is 26.5. The van der Waals surface area contributed by atoms with Gasteiger partial charge in [0, 0.05) is 38.2 Å². The highest BCUT2D eigenvalue weighted by atomic mass is 16.6. The van der Waals surface area contributed by atoms with Crippen molar-refractivity contribution in [3.05, 3.63) is 110 Å². The van der Waals surface area contributed by atoms with Gasteiger partial charge in [-0.1, -0.05) is 90.1 Å². The summed E-state index contributed by atoms with van der Waals surface area (Å²) in [5.41, 5.74) is -3.61. The van der Waals surface area contributed by atoms with Crippen molar-refractivity contribution in [3.8, 4) is 23.0 Å². The van der Waals surface area contributed by atoms with Crippen LogP contribution in [-0.2, 0) is 38.0 Å². The molecule has 0 bridgehead atoms. The van der Waals surface area contributed by atoms with Crippen LogP contribution in [0.5, 0.6) is 23.0 Å². The summed E-state index contributed by atoms with van der Waals surface area (Å²) >= 11 is 0. The summed E-state index contributed by atoms with van der Waals surface area (Å²) in [5, 5.41) is 0. The van der Waals surface area contributed by atoms with Crippen LogP contribution in [0.3, 0.4) is 0 Å². The second kappa shape index (κ2) is 30.6. The molecule has 78 heavy (non-hydrogen) atoms. The Morgan fingerprint density at radius 1 is 0.397 bits per heavy atom. The summed E-state index contributed by atoms with van der Waals surface area (Å²) in [6.45, 7) is 44.4. The smallest absolute Gasteiger partial charge is 0.330 e. The van der Waals surface area contributed by atoms with Crippen molar-refractivity contribution in [1.29, 1.82) is 0 Å². The molecule has 0 aliphatic heterocycles. The van der Waals surface area contributed by atoms with Gasteiger partial charge in [-0.2, -0.15) is 0 Å². The van der Waals surface area contributed by atoms with Gasteiger partial charge in [0.25, 0.3) is 0 Å². The Balaban J connectivity index is 1.34. The summed E-state index contributed by atoms with van der Waals surface area (Å²) in [4.78, 5) is 24.5. The molecule has 12 nitrogen and oxygen atoms in total. The molecular formula is C66H102O12. The summed E-state index contributed by atoms with van der Waals surface area (Å²) in [6, 6.07) is 27.0. The van der Waals surface area contributed by atoms with Gasteiger partial charge < -0.3 is 47.4 Å². The predicted octanol–water partition coefficient (Wildman–Crippen LogP) is 15.2. The van der Waals surface area contributed by atoms with Crippen LogP contribution >= 0.6 is 0 Å². The molecule has 3 aromatic carbocycles. The zero-order valence-electron chi connectivity index (χ0n) is 51.0. The quantitative estimate of drug-likeness (QED) is 0.0306. The number of carbonyl (C=O) groups excluding carboxylic acids is 2. The molecule has 0 heterocycles. The number of hydrogen-bond donors (Lipinski definition) is 0. The number of benzene rings is 3. The summed E-state index contributed by atoms with van der Waals surface area (Å²) in [5.74, 6) is 1.67. The fraction of sp³-hybridized carbons (Fsp3) is 0.636. The lowest BCUT2D eigenvalue weighted by molar-refractivity contribution is -0.170. The first kappa shape index (κ1) is 67.4. The maximum atomic E-state index is 12.2. The molecule has 0 spiro atoms. The van der Waals surface area contributed by atoms with Crippen LogP contribution in [0, 0.1) is 22.7 Å². The maximum absolute atomic E-state index is 12.2. The van der Waals surface area contributed by atoms with Crippen molar-refractivity contribution in [1.82, 2.24) is 0 Å². The molecule has 438 valence electrons. The van der Waals surface area contributed by atoms with Crippen molar-refractivity contribution in [2.75, 3.05) is 52.9 Å². The van der Waals surface area contributed by atoms with Crippen molar-refractivity contribution in [3.63, 3.8) is 0 Å². The highest BCUT2D eigenvalue weighted by Crippen LogP contribution is 2.41. The van der Waals surface area contributed by atoms with Gasteiger partial charge in [0.15, 0.2) is 0 Å². The Bertz CT molecular complexity index is 2050. The third kappa shape index (κ3) is 23.8. The highest BCUT2D eigenvalue weighted by Gasteiger charge is 2.43. The molecule has 2 atom stereocenters. The zero-order valence-corrected chi connectivity index (χ0v) is 51.0. The van der Waals surface area contributed by atoms with E-state index in [1.165, 1.54) is 12.2 Å². The lowest BCUT2D eigenvalue weighted by Crippen LogP contribution is -2.47. The molecule has 0 fully saturated rings. The first-order valence-electron chi connectivity index (χ1n) is 28.3. The van der Waals surface area contributed by atoms with E-state index in [2.05, 4.69) is 96.2 Å². The Hall–Kier alpha value is -4.88. The van der Waals surface area contributed by atoms with Crippen LogP contribution in [0.15, 0.2) is 110 Å². The Morgan fingerprint density at radius 2 is 0.718 bits per heavy atom. The van der Waals surface area contributed by atoms with Gasteiger partial charge in [-0.25, -0.2) is 9.59 Å². The van der Waals surface area contributed by atoms with Crippen molar-refractivity contribution >= 4 is 11.9 Å². The number of hydrogen-bond acceptors (Lipinski definition) is 12. The largest absolute Gasteiger partial charge is 0.493 e. The number of rotatable bonds is 40. The van der Waals surface area contributed by atoms with Crippen LogP contribution < -0.4 is 18.9 Å². The van der Waals surface area contributed by atoms with Gasteiger partial charge in [0.2, 0.25) is 0 Å². The molecule has 0 radical (unpaired) electrons. The van der Waals surface area contributed by atoms with Crippen molar-refractivity contribution < 1.29 is 57.0 Å². The van der Waals surface area contributed by atoms with Gasteiger partial charge in [0.05, 0.1) is 73.9 Å². The third-order valence-corrected chi connectivity index (χ3v) is 16.1. The van der Waals surface area contributed by atoms with E-state index in [1.807, 2.05) is 113 Å². The topological polar surface area (TPSA) is 126 Å². The minimum absolute atomic E-state index is 0.149. The van der Waals surface area contributed by atoms with Crippen LogP contribution in [0.2, 0.25) is 0 Å². The molecule has 0 saturated carbocycles. The van der Waals surface area contributed by atoms with Gasteiger partial charge in [-0.3, -0.25) is 0 Å². The van der Waals surface area contributed by atoms with Crippen LogP contribution in [0.4, 0.5) is 0 Å². The van der Waals surface area contributed by atoms with E-state index in [0.717, 1.165) is 74.4 Å². The molecule has 0 aliphatic carbocycles. The molecule has 0 saturated heterocycles. The zero-order chi connectivity index (χ0) is 58.3. The van der Waals surface area contributed by atoms with Crippen molar-refractivity contribution in [2.24, 2.45) is 22.7 Å². The molecular weight excluding hydrogens is 985 g/mol. The van der Waals surface area contributed by atoms with Gasteiger partial charge in [-0.05, 0) is 168 Å². The van der Waals surface area contributed by atoms with E-state index >= 15 is 0 Å². The SMILES string of the molecule is C=CC(=O)OC(C)(C)C(COc1ccccc1)COC(C)(C)C(C)(C)CCCCOC(C)(C)CCOc1ccc(OCCC(C)(C)OCCCCC(C)(C)C(C)(C)OCC(COc2ccccc2)C(C)(C)OC(=O)C=C)cc1. The number of para-hydroxylation sites is 2. The molecule has 0 aromatic heterocycles. The van der Waals surface area contributed by atoms with E-state index < -0.39 is 34.3 Å². The standard InChI is InChI=1S/C66H102O12/c1-19-57(67)77-63(11,12)51(47-71-53-31-23-21-24-32-53)49-75-65(15,16)59(3,4)39-27-29-43-73-61(7,8)41-45-69-55-35-37-56(38-36-55)70-46-42-62(9,10)74-44-30-28-40-60(5,6)66(17,18)76-50-52(64(13,14)78-58(68)20-2)48-72-54-33-25-22-26-34-54/h19-26,31-38,51-52H,1-2,27-30,39-50H2,3-18H3. The van der Waals surface area contributed by atoms with E-state index in [1.54, 1.807) is 0 Å². The Labute approximate surface area is 471 Å². The second-order valence-electron chi connectivity index (χ2n) is 25.3. The molecule has 0 amide bonds. The summed E-state index contributed by atoms with van der Waals surface area (Å²) in [6.07, 6.45) is 9.58. The van der Waals surface area contributed by atoms with Crippen LogP contribution in [0.1, 0.15) is 162 Å². The first-order valence-corrected chi connectivity index (χ1v) is 28.3. The fourth-order valence-electron chi connectivity index (χ4n) is 8.35. The highest BCUT2D eigenvalue weighted by molar-refractivity contribution is 5.82. The van der Waals surface area contributed by atoms with Gasteiger partial charge >= 0.3 is 11.9 Å². The number of esters is 2. The lowest BCUT2D eigenvalue weighted by Gasteiger charge is -2.44. The summed E-state index contributed by atoms with van der Waals surface area (Å²) in [7, 11) is 0. The van der Waals surface area contributed by atoms with Gasteiger partial charge in [0.1, 0.15) is 34.2 Å². The fourth-order valence-corrected chi connectivity index (χ4v) is 8.35. The van der Waals surface area contributed by atoms with Crippen molar-refractivity contribution in [2.45, 2.75) is 196 Å². The normalized spacial score (nSPS) is 13.7. The average Bonchev–Trinajstić information content (AvgIpc) is 3.37. The molecule has 12 heteroatoms. The molecule has 2 unspecified atom stereocenters. The minimum Gasteiger partial charge on any atom is -0.493 e. The minimum atomic E-state index is -0.843. The third-order valence-electron chi connectivity index (χ3n) is 16.1.